The molecule has 1 fully saturated rings. The second-order valence-electron chi connectivity index (χ2n) is 8.53. The first-order chi connectivity index (χ1) is 15.5. The summed E-state index contributed by atoms with van der Waals surface area (Å²) in [6.45, 7) is 10.2. The number of benzene rings is 2. The highest BCUT2D eigenvalue weighted by Crippen LogP contribution is 2.40. The van der Waals surface area contributed by atoms with Crippen LogP contribution in [0.4, 0.5) is 5.69 Å². The van der Waals surface area contributed by atoms with E-state index in [0.29, 0.717) is 36.0 Å². The average Bonchev–Trinajstić information content (AvgIpc) is 2.82. The average molecular weight is 440 g/mol. The zero-order chi connectivity index (χ0) is 22.5. The predicted octanol–water partition coefficient (Wildman–Crippen LogP) is 3.11. The van der Waals surface area contributed by atoms with Gasteiger partial charge in [0.15, 0.2) is 11.5 Å². The molecular weight excluding hydrogens is 406 g/mol. The normalized spacial score (nSPS) is 17.0. The van der Waals surface area contributed by atoms with E-state index in [9.17, 15) is 4.79 Å². The molecule has 2 heterocycles. The Kier molecular flexibility index (Phi) is 7.05. The number of anilines is 1. The highest BCUT2D eigenvalue weighted by atomic mass is 16.6. The molecule has 2 aromatic rings. The molecule has 0 saturated carbocycles. The Bertz CT molecular complexity index is 924. The maximum Gasteiger partial charge on any atom is 0.251 e. The van der Waals surface area contributed by atoms with Crippen molar-refractivity contribution in [1.82, 2.24) is 10.2 Å². The number of hydrogen-bond donors (Lipinski definition) is 1. The number of rotatable bonds is 7. The minimum absolute atomic E-state index is 0.0662. The van der Waals surface area contributed by atoms with Crippen LogP contribution < -0.4 is 24.4 Å². The van der Waals surface area contributed by atoms with Gasteiger partial charge < -0.3 is 24.4 Å². The van der Waals surface area contributed by atoms with Gasteiger partial charge in [-0.1, -0.05) is 12.1 Å². The summed E-state index contributed by atoms with van der Waals surface area (Å²) in [5.74, 6) is 1.51. The summed E-state index contributed by atoms with van der Waals surface area (Å²) in [5, 5.41) is 3.11. The Morgan fingerprint density at radius 1 is 1.12 bits per heavy atom. The third-order valence-corrected chi connectivity index (χ3v) is 6.09. The summed E-state index contributed by atoms with van der Waals surface area (Å²) in [4.78, 5) is 17.7. The van der Waals surface area contributed by atoms with Gasteiger partial charge in [-0.25, -0.2) is 0 Å². The first-order valence-electron chi connectivity index (χ1n) is 11.4. The number of amides is 1. The van der Waals surface area contributed by atoms with E-state index in [4.69, 9.17) is 14.2 Å². The molecule has 1 saturated heterocycles. The predicted molar refractivity (Wildman–Crippen MR) is 125 cm³/mol. The van der Waals surface area contributed by atoms with E-state index in [1.807, 2.05) is 0 Å². The molecule has 0 aliphatic carbocycles. The largest absolute Gasteiger partial charge is 0.493 e. The summed E-state index contributed by atoms with van der Waals surface area (Å²) >= 11 is 0. The van der Waals surface area contributed by atoms with E-state index in [-0.39, 0.29) is 11.9 Å². The molecule has 2 aromatic carbocycles. The Morgan fingerprint density at radius 3 is 2.66 bits per heavy atom. The van der Waals surface area contributed by atoms with Crippen LogP contribution in [0.2, 0.25) is 0 Å². The molecule has 32 heavy (non-hydrogen) atoms. The lowest BCUT2D eigenvalue weighted by Crippen LogP contribution is -2.47. The highest BCUT2D eigenvalue weighted by molar-refractivity contribution is 5.95. The number of fused-ring (bicyclic) bond motifs is 1. The van der Waals surface area contributed by atoms with Gasteiger partial charge >= 0.3 is 0 Å². The monoisotopic (exact) mass is 439 g/mol. The van der Waals surface area contributed by atoms with E-state index in [1.54, 1.807) is 19.2 Å². The number of methoxy groups -OCH3 is 1. The van der Waals surface area contributed by atoms with Crippen molar-refractivity contribution in [3.8, 4) is 17.2 Å². The second kappa shape index (κ2) is 10.1. The van der Waals surface area contributed by atoms with Crippen LogP contribution in [-0.2, 0) is 0 Å². The van der Waals surface area contributed by atoms with Crippen LogP contribution in [0.25, 0.3) is 0 Å². The van der Waals surface area contributed by atoms with Crippen molar-refractivity contribution in [2.24, 2.45) is 0 Å². The van der Waals surface area contributed by atoms with Gasteiger partial charge in [0.05, 0.1) is 7.11 Å². The van der Waals surface area contributed by atoms with Crippen molar-refractivity contribution in [2.75, 3.05) is 57.9 Å². The molecule has 4 rings (SSSR count). The van der Waals surface area contributed by atoms with E-state index in [2.05, 4.69) is 53.2 Å². The third-order valence-electron chi connectivity index (χ3n) is 6.09. The number of hydrogen-bond acceptors (Lipinski definition) is 6. The van der Waals surface area contributed by atoms with Crippen LogP contribution in [0.1, 0.15) is 29.3 Å². The minimum atomic E-state index is -0.128. The quantitative estimate of drug-likeness (QED) is 0.715. The van der Waals surface area contributed by atoms with Crippen molar-refractivity contribution < 1.29 is 19.0 Å². The molecule has 1 unspecified atom stereocenters. The standard InChI is InChI=1S/C25H33N3O4/c1-18-5-4-6-21(15-18)28-11-9-27(10-12-28)8-7-19(2)26-25(29)20-16-22(30-3)24-23(17-20)31-13-14-32-24/h4-6,15-17,19H,7-14H2,1-3H3,(H,26,29). The van der Waals surface area contributed by atoms with Gasteiger partial charge in [0.1, 0.15) is 13.2 Å². The molecule has 7 heteroatoms. The molecule has 0 aromatic heterocycles. The summed E-state index contributed by atoms with van der Waals surface area (Å²) in [6, 6.07) is 12.2. The molecule has 1 amide bonds. The van der Waals surface area contributed by atoms with Crippen molar-refractivity contribution >= 4 is 11.6 Å². The molecule has 0 bridgehead atoms. The van der Waals surface area contributed by atoms with Crippen LogP contribution in [0.15, 0.2) is 36.4 Å². The lowest BCUT2D eigenvalue weighted by atomic mass is 10.1. The van der Waals surface area contributed by atoms with E-state index in [1.165, 1.54) is 11.3 Å². The summed E-state index contributed by atoms with van der Waals surface area (Å²) in [7, 11) is 1.57. The molecule has 0 radical (unpaired) electrons. The molecule has 1 atom stereocenters. The lowest BCUT2D eigenvalue weighted by Gasteiger charge is -2.36. The van der Waals surface area contributed by atoms with Crippen LogP contribution in [-0.4, -0.2) is 69.9 Å². The summed E-state index contributed by atoms with van der Waals surface area (Å²) < 4.78 is 16.6. The molecule has 2 aliphatic heterocycles. The van der Waals surface area contributed by atoms with Crippen molar-refractivity contribution in [3.05, 3.63) is 47.5 Å². The second-order valence-corrected chi connectivity index (χ2v) is 8.53. The van der Waals surface area contributed by atoms with Gasteiger partial charge in [0.2, 0.25) is 5.75 Å². The molecule has 1 N–H and O–H groups in total. The number of nitrogens with one attached hydrogen (secondary N) is 1. The Morgan fingerprint density at radius 2 is 1.91 bits per heavy atom. The van der Waals surface area contributed by atoms with E-state index < -0.39 is 0 Å². The number of ether oxygens (including phenoxy) is 3. The molecule has 0 spiro atoms. The van der Waals surface area contributed by atoms with Crippen LogP contribution in [0, 0.1) is 6.92 Å². The van der Waals surface area contributed by atoms with Gasteiger partial charge in [-0.2, -0.15) is 0 Å². The Balaban J connectivity index is 1.26. The summed E-state index contributed by atoms with van der Waals surface area (Å²) in [5.41, 5.74) is 3.12. The number of carbonyl (C=O) groups excluding carboxylic acids is 1. The number of nitrogens with zero attached hydrogens (tertiary/aromatic N) is 2. The van der Waals surface area contributed by atoms with Gasteiger partial charge in [-0.15, -0.1) is 0 Å². The fourth-order valence-corrected chi connectivity index (χ4v) is 4.21. The topological polar surface area (TPSA) is 63.3 Å². The Hall–Kier alpha value is -2.93. The summed E-state index contributed by atoms with van der Waals surface area (Å²) in [6.07, 6.45) is 0.901. The zero-order valence-electron chi connectivity index (χ0n) is 19.2. The van der Waals surface area contributed by atoms with E-state index in [0.717, 1.165) is 39.1 Å². The molecule has 2 aliphatic rings. The van der Waals surface area contributed by atoms with Crippen molar-refractivity contribution in [1.29, 1.82) is 0 Å². The first kappa shape index (κ1) is 22.3. The smallest absolute Gasteiger partial charge is 0.251 e. The lowest BCUT2D eigenvalue weighted by molar-refractivity contribution is 0.0933. The van der Waals surface area contributed by atoms with Crippen molar-refractivity contribution in [3.63, 3.8) is 0 Å². The molecular formula is C25H33N3O4. The minimum Gasteiger partial charge on any atom is -0.493 e. The molecule has 7 nitrogen and oxygen atoms in total. The fraction of sp³-hybridized carbons (Fsp3) is 0.480. The van der Waals surface area contributed by atoms with Crippen molar-refractivity contribution in [2.45, 2.75) is 26.3 Å². The maximum absolute atomic E-state index is 12.8. The van der Waals surface area contributed by atoms with Gasteiger partial charge in [-0.3, -0.25) is 9.69 Å². The van der Waals surface area contributed by atoms with E-state index >= 15 is 0 Å². The Labute approximate surface area is 190 Å². The third kappa shape index (κ3) is 5.27. The zero-order valence-corrected chi connectivity index (χ0v) is 19.2. The number of aryl methyl sites for hydroxylation is 1. The highest BCUT2D eigenvalue weighted by Gasteiger charge is 2.22. The first-order valence-corrected chi connectivity index (χ1v) is 11.4. The number of piperazine rings is 1. The molecule has 172 valence electrons. The SMILES string of the molecule is COc1cc(C(=O)NC(C)CCN2CCN(c3cccc(C)c3)CC2)cc2c1OCCO2. The number of carbonyl (C=O) groups is 1. The maximum atomic E-state index is 12.8. The van der Waals surface area contributed by atoms with Crippen LogP contribution in [0.5, 0.6) is 17.2 Å². The van der Waals surface area contributed by atoms with Gasteiger partial charge in [0, 0.05) is 50.0 Å². The fourth-order valence-electron chi connectivity index (χ4n) is 4.21. The van der Waals surface area contributed by atoms with Gasteiger partial charge in [0.25, 0.3) is 5.91 Å². The van der Waals surface area contributed by atoms with Gasteiger partial charge in [-0.05, 0) is 50.1 Å². The van der Waals surface area contributed by atoms with Crippen LogP contribution in [0.3, 0.4) is 0 Å². The van der Waals surface area contributed by atoms with Crippen LogP contribution >= 0.6 is 0 Å².